The molecule has 3 N–H and O–H groups in total. The minimum Gasteiger partial charge on any atom is -0.393 e. The van der Waals surface area contributed by atoms with Gasteiger partial charge >= 0.3 is 6.18 Å². The molecule has 0 bridgehead atoms. The van der Waals surface area contributed by atoms with Crippen LogP contribution in [-0.4, -0.2) is 29.9 Å². The molecule has 30 heavy (non-hydrogen) atoms. The second-order valence-corrected chi connectivity index (χ2v) is 7.15. The Balaban J connectivity index is 2.12. The Morgan fingerprint density at radius 1 is 1.10 bits per heavy atom. The molecule has 0 radical (unpaired) electrons. The first-order valence-corrected chi connectivity index (χ1v) is 9.55. The minimum absolute atomic E-state index is 0.0292. The smallest absolute Gasteiger partial charge is 0.393 e. The Labute approximate surface area is 177 Å². The molecule has 0 aliphatic heterocycles. The van der Waals surface area contributed by atoms with Gasteiger partial charge in [0.05, 0.1) is 12.2 Å². The third-order valence-electron chi connectivity index (χ3n) is 4.32. The van der Waals surface area contributed by atoms with Crippen molar-refractivity contribution in [2.75, 3.05) is 13.2 Å². The lowest BCUT2D eigenvalue weighted by atomic mass is 9.91. The lowest BCUT2D eigenvalue weighted by Gasteiger charge is -2.16. The molecule has 2 aromatic rings. The number of carbonyl (C=O) groups is 1. The molecule has 9 heteroatoms. The van der Waals surface area contributed by atoms with E-state index < -0.39 is 17.7 Å². The highest BCUT2D eigenvalue weighted by atomic mass is 35.5. The summed E-state index contributed by atoms with van der Waals surface area (Å²) in [5.41, 5.74) is 6.56. The Kier molecular flexibility index (Phi) is 8.68. The first-order chi connectivity index (χ1) is 14.2. The number of halogens is 4. The number of hydrogen-bond acceptors (Lipinski definition) is 4. The van der Waals surface area contributed by atoms with Crippen molar-refractivity contribution in [2.45, 2.75) is 25.4 Å². The van der Waals surface area contributed by atoms with Crippen LogP contribution in [0.15, 0.2) is 53.7 Å². The molecule has 0 heterocycles. The fourth-order valence-electron chi connectivity index (χ4n) is 2.81. The quantitative estimate of drug-likeness (QED) is 0.252. The van der Waals surface area contributed by atoms with Crippen molar-refractivity contribution in [3.63, 3.8) is 0 Å². The fourth-order valence-corrected chi connectivity index (χ4v) is 2.93. The van der Waals surface area contributed by atoms with Gasteiger partial charge in [0.25, 0.3) is 0 Å². The van der Waals surface area contributed by atoms with Gasteiger partial charge in [-0.1, -0.05) is 41.0 Å². The van der Waals surface area contributed by atoms with Crippen molar-refractivity contribution in [1.82, 2.24) is 0 Å². The molecule has 0 spiro atoms. The summed E-state index contributed by atoms with van der Waals surface area (Å²) in [7, 11) is 0. The number of nitrogens with two attached hydrogens (primary N) is 1. The maximum atomic E-state index is 12.8. The van der Waals surface area contributed by atoms with Gasteiger partial charge in [-0.15, -0.1) is 0 Å². The summed E-state index contributed by atoms with van der Waals surface area (Å²) >= 11 is 5.84. The Morgan fingerprint density at radius 2 is 1.70 bits per heavy atom. The molecule has 0 saturated heterocycles. The number of oxime groups is 1. The van der Waals surface area contributed by atoms with E-state index in [1.54, 1.807) is 24.3 Å². The Bertz CT molecular complexity index is 853. The first-order valence-electron chi connectivity index (χ1n) is 9.17. The molecule has 0 saturated carbocycles. The van der Waals surface area contributed by atoms with Gasteiger partial charge in [0.1, 0.15) is 18.2 Å². The lowest BCUT2D eigenvalue weighted by molar-refractivity contribution is -0.137. The maximum absolute atomic E-state index is 12.8. The van der Waals surface area contributed by atoms with Crippen LogP contribution in [0.25, 0.3) is 0 Å². The normalized spacial score (nSPS) is 13.2. The van der Waals surface area contributed by atoms with Gasteiger partial charge in [-0.3, -0.25) is 4.79 Å². The van der Waals surface area contributed by atoms with Crippen molar-refractivity contribution in [3.8, 4) is 0 Å². The monoisotopic (exact) mass is 442 g/mol. The lowest BCUT2D eigenvalue weighted by Crippen LogP contribution is -2.29. The largest absolute Gasteiger partial charge is 0.416 e. The van der Waals surface area contributed by atoms with E-state index in [4.69, 9.17) is 27.3 Å². The van der Waals surface area contributed by atoms with Crippen LogP contribution in [0.4, 0.5) is 13.2 Å². The van der Waals surface area contributed by atoms with Gasteiger partial charge in [0.2, 0.25) is 0 Å². The third-order valence-corrected chi connectivity index (χ3v) is 4.57. The molecule has 2 rings (SSSR count). The predicted molar refractivity (Wildman–Crippen MR) is 108 cm³/mol. The van der Waals surface area contributed by atoms with Gasteiger partial charge in [-0.05, 0) is 41.8 Å². The zero-order valence-electron chi connectivity index (χ0n) is 16.0. The molecular formula is C21H22ClF3N2O3. The van der Waals surface area contributed by atoms with E-state index in [1.807, 2.05) is 0 Å². The van der Waals surface area contributed by atoms with E-state index >= 15 is 0 Å². The Hall–Kier alpha value is -2.58. The van der Waals surface area contributed by atoms with E-state index in [-0.39, 0.29) is 44.1 Å². The molecule has 0 fully saturated rings. The topological polar surface area (TPSA) is 84.9 Å². The molecule has 0 unspecified atom stereocenters. The number of hydrogen-bond donors (Lipinski definition) is 2. The van der Waals surface area contributed by atoms with Crippen molar-refractivity contribution in [1.29, 1.82) is 0 Å². The molecular weight excluding hydrogens is 421 g/mol. The number of aliphatic hydroxyl groups is 1. The SMILES string of the molecule is N/C(=N\OCCO)[C@@H](CC(=O)Cc1ccc(Cl)cc1)Cc1ccc(C(F)(F)F)cc1. The molecule has 0 amide bonds. The minimum atomic E-state index is -4.43. The number of amidine groups is 1. The van der Waals surface area contributed by atoms with Gasteiger partial charge < -0.3 is 15.7 Å². The molecule has 0 aliphatic rings. The third kappa shape index (κ3) is 7.68. The van der Waals surface area contributed by atoms with Crippen molar-refractivity contribution >= 4 is 23.2 Å². The molecule has 1 atom stereocenters. The highest BCUT2D eigenvalue weighted by Crippen LogP contribution is 2.29. The number of aliphatic hydroxyl groups excluding tert-OH is 1. The molecule has 162 valence electrons. The average molecular weight is 443 g/mol. The van der Waals surface area contributed by atoms with Gasteiger partial charge in [0.15, 0.2) is 0 Å². The molecule has 5 nitrogen and oxygen atoms in total. The summed E-state index contributed by atoms with van der Waals surface area (Å²) in [4.78, 5) is 17.4. The van der Waals surface area contributed by atoms with Gasteiger partial charge in [0, 0.05) is 23.8 Å². The maximum Gasteiger partial charge on any atom is 0.416 e. The number of alkyl halides is 3. The number of benzene rings is 2. The van der Waals surface area contributed by atoms with Crippen LogP contribution in [-0.2, 0) is 28.7 Å². The van der Waals surface area contributed by atoms with Crippen LogP contribution in [0.1, 0.15) is 23.1 Å². The Morgan fingerprint density at radius 3 is 2.27 bits per heavy atom. The summed E-state index contributed by atoms with van der Waals surface area (Å²) in [6, 6.07) is 11.5. The van der Waals surface area contributed by atoms with E-state index in [0.29, 0.717) is 10.6 Å². The van der Waals surface area contributed by atoms with Crippen LogP contribution < -0.4 is 5.73 Å². The van der Waals surface area contributed by atoms with Crippen molar-refractivity contribution < 1.29 is 27.9 Å². The summed E-state index contributed by atoms with van der Waals surface area (Å²) in [5.74, 6) is -0.650. The van der Waals surface area contributed by atoms with Gasteiger partial charge in [-0.2, -0.15) is 13.2 Å². The molecule has 2 aromatic carbocycles. The second-order valence-electron chi connectivity index (χ2n) is 6.71. The molecule has 0 aromatic heterocycles. The fraction of sp³-hybridized carbons (Fsp3) is 0.333. The highest BCUT2D eigenvalue weighted by molar-refractivity contribution is 6.30. The summed E-state index contributed by atoms with van der Waals surface area (Å²) < 4.78 is 38.3. The molecule has 0 aliphatic carbocycles. The predicted octanol–water partition coefficient (Wildman–Crippen LogP) is 4.00. The van der Waals surface area contributed by atoms with E-state index in [9.17, 15) is 18.0 Å². The van der Waals surface area contributed by atoms with Crippen LogP contribution in [0, 0.1) is 5.92 Å². The number of rotatable bonds is 10. The number of ketones is 1. The zero-order valence-corrected chi connectivity index (χ0v) is 16.8. The summed E-state index contributed by atoms with van der Waals surface area (Å²) in [6.45, 7) is -0.317. The van der Waals surface area contributed by atoms with E-state index in [2.05, 4.69) is 5.16 Å². The number of carbonyl (C=O) groups excluding carboxylic acids is 1. The van der Waals surface area contributed by atoms with Crippen molar-refractivity contribution in [3.05, 3.63) is 70.2 Å². The highest BCUT2D eigenvalue weighted by Gasteiger charge is 2.30. The summed E-state index contributed by atoms with van der Waals surface area (Å²) in [5, 5.41) is 13.1. The van der Waals surface area contributed by atoms with Gasteiger partial charge in [-0.25, -0.2) is 0 Å². The standard InChI is InChI=1S/C21H22ClF3N2O3/c22-18-7-3-15(4-8-18)12-19(29)13-16(20(26)27-30-10-9-28)11-14-1-5-17(6-2-14)21(23,24)25/h1-8,16,28H,9-13H2,(H2,26,27)/t16-/m1/s1. The number of Topliss-reactive ketones (excluding diaryl/α,β-unsaturated/α-hetero) is 1. The van der Waals surface area contributed by atoms with E-state index in [1.165, 1.54) is 12.1 Å². The average Bonchev–Trinajstić information content (AvgIpc) is 2.69. The zero-order chi connectivity index (χ0) is 22.1. The first kappa shape index (κ1) is 23.7. The van der Waals surface area contributed by atoms with Crippen LogP contribution >= 0.6 is 11.6 Å². The van der Waals surface area contributed by atoms with Crippen LogP contribution in [0.3, 0.4) is 0 Å². The van der Waals surface area contributed by atoms with Crippen molar-refractivity contribution in [2.24, 2.45) is 16.8 Å². The van der Waals surface area contributed by atoms with Crippen LogP contribution in [0.2, 0.25) is 5.02 Å². The summed E-state index contributed by atoms with van der Waals surface area (Å²) in [6.07, 6.45) is -4.03. The van der Waals surface area contributed by atoms with Crippen LogP contribution in [0.5, 0.6) is 0 Å². The van der Waals surface area contributed by atoms with E-state index in [0.717, 1.165) is 17.7 Å². The number of nitrogens with zero attached hydrogens (tertiary/aromatic N) is 1. The second kappa shape index (κ2) is 11.0.